The van der Waals surface area contributed by atoms with Gasteiger partial charge in [0.25, 0.3) is 5.56 Å². The van der Waals surface area contributed by atoms with Gasteiger partial charge in [-0.3, -0.25) is 4.79 Å². The summed E-state index contributed by atoms with van der Waals surface area (Å²) in [6.07, 6.45) is 1.71. The molecule has 0 bridgehead atoms. The number of para-hydroxylation sites is 1. The van der Waals surface area contributed by atoms with Crippen LogP contribution < -0.4 is 15.0 Å². The van der Waals surface area contributed by atoms with Gasteiger partial charge in [0.05, 0.1) is 24.2 Å². The first-order chi connectivity index (χ1) is 20.9. The molecule has 6 heteroatoms. The number of ether oxygens (including phenoxy) is 2. The fourth-order valence-corrected chi connectivity index (χ4v) is 5.36. The zero-order valence-corrected chi connectivity index (χ0v) is 24.7. The second-order valence-electron chi connectivity index (χ2n) is 10.9. The second kappa shape index (κ2) is 11.9. The summed E-state index contributed by atoms with van der Waals surface area (Å²) in [5.74, 6) is 2.16. The maximum Gasteiger partial charge on any atom is 0.282 e. The Morgan fingerprint density at radius 1 is 0.860 bits per heavy atom. The Hall–Kier alpha value is -5.23. The third kappa shape index (κ3) is 5.52. The molecule has 0 aliphatic rings. The van der Waals surface area contributed by atoms with Gasteiger partial charge in [0.15, 0.2) is 5.82 Å². The summed E-state index contributed by atoms with van der Waals surface area (Å²) in [5, 5.41) is 7.35. The van der Waals surface area contributed by atoms with Crippen molar-refractivity contribution in [2.45, 2.75) is 33.3 Å². The molecule has 0 aliphatic carbocycles. The lowest BCUT2D eigenvalue weighted by Crippen LogP contribution is -2.21. The van der Waals surface area contributed by atoms with E-state index in [1.54, 1.807) is 19.4 Å². The van der Waals surface area contributed by atoms with Crippen LogP contribution in [0.1, 0.15) is 42.0 Å². The maximum atomic E-state index is 14.0. The molecule has 0 saturated carbocycles. The van der Waals surface area contributed by atoms with Crippen LogP contribution >= 0.6 is 0 Å². The van der Waals surface area contributed by atoms with Gasteiger partial charge in [-0.25, -0.2) is 4.98 Å². The highest BCUT2D eigenvalue weighted by atomic mass is 16.5. The number of fused-ring (bicyclic) bond motifs is 2. The van der Waals surface area contributed by atoms with Crippen LogP contribution in [-0.2, 0) is 6.61 Å². The summed E-state index contributed by atoms with van der Waals surface area (Å²) in [6, 6.07) is 33.6. The minimum atomic E-state index is -0.245. The van der Waals surface area contributed by atoms with Crippen LogP contribution in [0.4, 0.5) is 0 Å². The van der Waals surface area contributed by atoms with Gasteiger partial charge in [-0.1, -0.05) is 86.6 Å². The van der Waals surface area contributed by atoms with Crippen LogP contribution in [0.5, 0.6) is 11.5 Å². The van der Waals surface area contributed by atoms with Crippen LogP contribution in [0, 0.1) is 6.92 Å². The SMILES string of the molecule is COc1cc(C)c(-c2nc3ccccc3c(=O)n2N=Cc2c(OCc3ccccc3)ccc3ccccc23)cc1C(C)C. The molecule has 0 radical (unpaired) electrons. The predicted molar refractivity (Wildman–Crippen MR) is 175 cm³/mol. The summed E-state index contributed by atoms with van der Waals surface area (Å²) in [4.78, 5) is 19.0. The Balaban J connectivity index is 1.54. The highest BCUT2D eigenvalue weighted by molar-refractivity contribution is 6.02. The van der Waals surface area contributed by atoms with Crippen molar-refractivity contribution >= 4 is 27.9 Å². The highest BCUT2D eigenvalue weighted by Crippen LogP contribution is 2.34. The van der Waals surface area contributed by atoms with E-state index < -0.39 is 0 Å². The largest absolute Gasteiger partial charge is 0.496 e. The summed E-state index contributed by atoms with van der Waals surface area (Å²) < 4.78 is 13.4. The molecule has 6 aromatic rings. The summed E-state index contributed by atoms with van der Waals surface area (Å²) >= 11 is 0. The molecular weight excluding hydrogens is 534 g/mol. The number of hydrogen-bond acceptors (Lipinski definition) is 5. The predicted octanol–water partition coefficient (Wildman–Crippen LogP) is 8.12. The van der Waals surface area contributed by atoms with Crippen LogP contribution in [-0.4, -0.2) is 23.0 Å². The van der Waals surface area contributed by atoms with Crippen LogP contribution in [0.25, 0.3) is 33.1 Å². The number of aromatic nitrogens is 2. The van der Waals surface area contributed by atoms with Gasteiger partial charge < -0.3 is 9.47 Å². The smallest absolute Gasteiger partial charge is 0.282 e. The van der Waals surface area contributed by atoms with Crippen molar-refractivity contribution in [2.24, 2.45) is 5.10 Å². The zero-order chi connectivity index (χ0) is 29.9. The number of aryl methyl sites for hydroxylation is 1. The Morgan fingerprint density at radius 2 is 1.58 bits per heavy atom. The van der Waals surface area contributed by atoms with Crippen LogP contribution in [0.15, 0.2) is 113 Å². The molecule has 1 aromatic heterocycles. The first-order valence-corrected chi connectivity index (χ1v) is 14.4. The Labute approximate surface area is 250 Å². The number of hydrogen-bond donors (Lipinski definition) is 0. The molecule has 6 rings (SSSR count). The molecule has 6 nitrogen and oxygen atoms in total. The first-order valence-electron chi connectivity index (χ1n) is 14.4. The Bertz CT molecular complexity index is 2030. The van der Waals surface area contributed by atoms with Crippen LogP contribution in [0.3, 0.4) is 0 Å². The molecule has 0 N–H and O–H groups in total. The number of benzene rings is 5. The third-order valence-electron chi connectivity index (χ3n) is 7.66. The van der Waals surface area contributed by atoms with Crippen molar-refractivity contribution in [3.63, 3.8) is 0 Å². The lowest BCUT2D eigenvalue weighted by Gasteiger charge is -2.17. The molecule has 5 aromatic carbocycles. The van der Waals surface area contributed by atoms with Gasteiger partial charge >= 0.3 is 0 Å². The van der Waals surface area contributed by atoms with E-state index in [9.17, 15) is 4.79 Å². The quantitative estimate of drug-likeness (QED) is 0.174. The molecule has 0 aliphatic heterocycles. The molecule has 0 fully saturated rings. The molecule has 0 amide bonds. The molecule has 1 heterocycles. The molecule has 214 valence electrons. The summed E-state index contributed by atoms with van der Waals surface area (Å²) in [7, 11) is 1.68. The monoisotopic (exact) mass is 567 g/mol. The summed E-state index contributed by atoms with van der Waals surface area (Å²) in [5.41, 5.74) is 5.01. The van der Waals surface area contributed by atoms with E-state index in [-0.39, 0.29) is 11.5 Å². The molecular formula is C37H33N3O3. The normalized spacial score (nSPS) is 11.6. The minimum absolute atomic E-state index is 0.207. The average Bonchev–Trinajstić information content (AvgIpc) is 3.03. The fraction of sp³-hybridized carbons (Fsp3) is 0.162. The molecule has 0 saturated heterocycles. The second-order valence-corrected chi connectivity index (χ2v) is 10.9. The maximum absolute atomic E-state index is 14.0. The van der Waals surface area contributed by atoms with E-state index in [0.29, 0.717) is 29.1 Å². The lowest BCUT2D eigenvalue weighted by atomic mass is 9.96. The van der Waals surface area contributed by atoms with Crippen molar-refractivity contribution in [1.82, 2.24) is 9.66 Å². The number of nitrogens with zero attached hydrogens (tertiary/aromatic N) is 3. The van der Waals surface area contributed by atoms with Crippen molar-refractivity contribution < 1.29 is 9.47 Å². The number of rotatable bonds is 8. The molecule has 0 spiro atoms. The Kier molecular flexibility index (Phi) is 7.75. The number of methoxy groups -OCH3 is 1. The minimum Gasteiger partial charge on any atom is -0.496 e. The Morgan fingerprint density at radius 3 is 2.35 bits per heavy atom. The molecule has 0 unspecified atom stereocenters. The van der Waals surface area contributed by atoms with Crippen molar-refractivity contribution in [3.05, 3.63) is 136 Å². The fourth-order valence-electron chi connectivity index (χ4n) is 5.36. The summed E-state index contributed by atoms with van der Waals surface area (Å²) in [6.45, 7) is 6.64. The van der Waals surface area contributed by atoms with Gasteiger partial charge in [-0.2, -0.15) is 9.78 Å². The van der Waals surface area contributed by atoms with Crippen LogP contribution in [0.2, 0.25) is 0 Å². The van der Waals surface area contributed by atoms with Crippen molar-refractivity contribution in [2.75, 3.05) is 7.11 Å². The van der Waals surface area contributed by atoms with E-state index >= 15 is 0 Å². The van der Waals surface area contributed by atoms with Gasteiger partial charge in [-0.15, -0.1) is 0 Å². The van der Waals surface area contributed by atoms with Gasteiger partial charge in [0, 0.05) is 11.1 Å². The van der Waals surface area contributed by atoms with Crippen molar-refractivity contribution in [1.29, 1.82) is 0 Å². The van der Waals surface area contributed by atoms with E-state index in [0.717, 1.165) is 44.3 Å². The topological polar surface area (TPSA) is 65.7 Å². The molecule has 0 atom stereocenters. The van der Waals surface area contributed by atoms with Gasteiger partial charge in [-0.05, 0) is 70.6 Å². The average molecular weight is 568 g/mol. The highest BCUT2D eigenvalue weighted by Gasteiger charge is 2.19. The van der Waals surface area contributed by atoms with Crippen molar-refractivity contribution in [3.8, 4) is 22.9 Å². The molecule has 43 heavy (non-hydrogen) atoms. The van der Waals surface area contributed by atoms with E-state index in [1.165, 1.54) is 4.68 Å². The van der Waals surface area contributed by atoms with Gasteiger partial charge in [0.1, 0.15) is 18.1 Å². The third-order valence-corrected chi connectivity index (χ3v) is 7.66. The standard InChI is InChI=1S/C37H33N3O3/c1-24(2)30-21-31(25(3)20-35(30)42-4)36-39-33-17-11-10-16-29(33)37(41)40(36)38-22-32-28-15-9-8-14-27(28)18-19-34(32)43-23-26-12-6-5-7-13-26/h5-22,24H,23H2,1-4H3. The first kappa shape index (κ1) is 27.9. The van der Waals surface area contributed by atoms with E-state index in [4.69, 9.17) is 19.6 Å². The van der Waals surface area contributed by atoms with E-state index in [2.05, 4.69) is 26.0 Å². The lowest BCUT2D eigenvalue weighted by molar-refractivity contribution is 0.306. The zero-order valence-electron chi connectivity index (χ0n) is 24.7. The van der Waals surface area contributed by atoms with Gasteiger partial charge in [0.2, 0.25) is 0 Å². The van der Waals surface area contributed by atoms with E-state index in [1.807, 2.05) is 91.9 Å².